The highest BCUT2D eigenvalue weighted by Gasteiger charge is 2.44. The van der Waals surface area contributed by atoms with Crippen LogP contribution in [-0.2, 0) is 4.74 Å². The molecule has 108 valence electrons. The van der Waals surface area contributed by atoms with Gasteiger partial charge in [0.15, 0.2) is 6.23 Å². The Labute approximate surface area is 114 Å². The molecule has 4 N–H and O–H groups in total. The predicted octanol–water partition coefficient (Wildman–Crippen LogP) is -0.991. The molecule has 1 aromatic carbocycles. The van der Waals surface area contributed by atoms with Crippen LogP contribution in [0, 0.1) is 0 Å². The van der Waals surface area contributed by atoms with Crippen LogP contribution >= 0.6 is 0 Å². The summed E-state index contributed by atoms with van der Waals surface area (Å²) in [4.78, 5) is 0. The minimum absolute atomic E-state index is 0.458. The second kappa shape index (κ2) is 5.12. The van der Waals surface area contributed by atoms with Crippen LogP contribution in [0.25, 0.3) is 10.9 Å². The third kappa shape index (κ3) is 2.00. The Morgan fingerprint density at radius 2 is 1.85 bits per heavy atom. The first-order valence-corrected chi connectivity index (χ1v) is 6.36. The predicted molar refractivity (Wildman–Crippen MR) is 68.7 cm³/mol. The summed E-state index contributed by atoms with van der Waals surface area (Å²) < 4.78 is 6.92. The van der Waals surface area contributed by atoms with Gasteiger partial charge in [-0.3, -0.25) is 0 Å². The van der Waals surface area contributed by atoms with E-state index in [0.717, 1.165) is 10.9 Å². The summed E-state index contributed by atoms with van der Waals surface area (Å²) in [6.07, 6.45) is -4.40. The molecule has 0 bridgehead atoms. The van der Waals surface area contributed by atoms with Gasteiger partial charge in [-0.25, -0.2) is 4.68 Å². The van der Waals surface area contributed by atoms with E-state index in [2.05, 4.69) is 5.10 Å². The molecule has 5 unspecified atom stereocenters. The Balaban J connectivity index is 2.00. The van der Waals surface area contributed by atoms with Gasteiger partial charge >= 0.3 is 0 Å². The molecule has 2 heterocycles. The third-order valence-corrected chi connectivity index (χ3v) is 3.61. The number of aliphatic hydroxyl groups is 4. The van der Waals surface area contributed by atoms with Crippen LogP contribution in [0.3, 0.4) is 0 Å². The first-order chi connectivity index (χ1) is 9.63. The van der Waals surface area contributed by atoms with Crippen molar-refractivity contribution in [3.63, 3.8) is 0 Å². The van der Waals surface area contributed by atoms with Gasteiger partial charge < -0.3 is 25.2 Å². The number of ether oxygens (including phenoxy) is 1. The normalized spacial score (nSPS) is 34.5. The summed E-state index contributed by atoms with van der Waals surface area (Å²) in [5, 5.41) is 43.9. The molecule has 0 spiro atoms. The van der Waals surface area contributed by atoms with E-state index < -0.39 is 37.3 Å². The molecule has 20 heavy (non-hydrogen) atoms. The van der Waals surface area contributed by atoms with E-state index in [4.69, 9.17) is 4.74 Å². The van der Waals surface area contributed by atoms with Gasteiger partial charge in [0.25, 0.3) is 0 Å². The second-order valence-corrected chi connectivity index (χ2v) is 4.87. The zero-order valence-electron chi connectivity index (χ0n) is 10.6. The lowest BCUT2D eigenvalue weighted by Crippen LogP contribution is -2.56. The van der Waals surface area contributed by atoms with Crippen molar-refractivity contribution < 1.29 is 25.2 Å². The minimum Gasteiger partial charge on any atom is -0.394 e. The fourth-order valence-corrected chi connectivity index (χ4v) is 2.48. The standard InChI is InChI=1S/C13H16N2O5/c16-6-9-10(17)11(18)12(19)13(20-9)15-8-4-2-1-3-7(8)5-14-15/h1-5,9-13,16-19H,6H2. The lowest BCUT2D eigenvalue weighted by molar-refractivity contribution is -0.252. The molecule has 0 saturated carbocycles. The molecule has 2 aromatic rings. The average Bonchev–Trinajstić information content (AvgIpc) is 2.89. The van der Waals surface area contributed by atoms with Crippen molar-refractivity contribution in [3.05, 3.63) is 30.5 Å². The molecule has 1 aliphatic heterocycles. The maximum Gasteiger partial charge on any atom is 0.179 e. The Hall–Kier alpha value is -1.51. The summed E-state index contributed by atoms with van der Waals surface area (Å²) in [6.45, 7) is -0.458. The summed E-state index contributed by atoms with van der Waals surface area (Å²) in [7, 11) is 0. The molecule has 5 atom stereocenters. The first-order valence-electron chi connectivity index (χ1n) is 6.36. The number of nitrogens with zero attached hydrogens (tertiary/aromatic N) is 2. The van der Waals surface area contributed by atoms with E-state index in [1.54, 1.807) is 6.20 Å². The van der Waals surface area contributed by atoms with Gasteiger partial charge in [0.2, 0.25) is 0 Å². The number of aromatic nitrogens is 2. The molecular weight excluding hydrogens is 264 g/mol. The van der Waals surface area contributed by atoms with Crippen LogP contribution in [-0.4, -0.2) is 61.2 Å². The minimum atomic E-state index is -1.41. The van der Waals surface area contributed by atoms with Crippen molar-refractivity contribution in [2.75, 3.05) is 6.61 Å². The van der Waals surface area contributed by atoms with Crippen LogP contribution in [0.1, 0.15) is 6.23 Å². The monoisotopic (exact) mass is 280 g/mol. The molecule has 1 fully saturated rings. The van der Waals surface area contributed by atoms with Gasteiger partial charge in [0, 0.05) is 5.39 Å². The molecule has 1 aliphatic rings. The molecule has 7 nitrogen and oxygen atoms in total. The molecule has 0 aliphatic carbocycles. The van der Waals surface area contributed by atoms with Crippen molar-refractivity contribution in [1.29, 1.82) is 0 Å². The van der Waals surface area contributed by atoms with Crippen molar-refractivity contribution in [2.45, 2.75) is 30.6 Å². The van der Waals surface area contributed by atoms with E-state index in [0.29, 0.717) is 0 Å². The van der Waals surface area contributed by atoms with Crippen molar-refractivity contribution in [3.8, 4) is 0 Å². The number of para-hydroxylation sites is 1. The molecule has 1 saturated heterocycles. The third-order valence-electron chi connectivity index (χ3n) is 3.61. The van der Waals surface area contributed by atoms with Crippen LogP contribution in [0.15, 0.2) is 30.5 Å². The van der Waals surface area contributed by atoms with Crippen LogP contribution in [0.5, 0.6) is 0 Å². The van der Waals surface area contributed by atoms with Crippen LogP contribution < -0.4 is 0 Å². The molecular formula is C13H16N2O5. The van der Waals surface area contributed by atoms with Crippen molar-refractivity contribution in [2.24, 2.45) is 0 Å². The number of hydrogen-bond acceptors (Lipinski definition) is 6. The average molecular weight is 280 g/mol. The van der Waals surface area contributed by atoms with Gasteiger partial charge in [-0.2, -0.15) is 5.10 Å². The zero-order valence-corrected chi connectivity index (χ0v) is 10.6. The van der Waals surface area contributed by atoms with Crippen LogP contribution in [0.4, 0.5) is 0 Å². The largest absolute Gasteiger partial charge is 0.394 e. The Bertz CT molecular complexity index is 599. The Kier molecular flexibility index (Phi) is 3.45. The van der Waals surface area contributed by atoms with Gasteiger partial charge in [0.1, 0.15) is 24.4 Å². The maximum atomic E-state index is 10.1. The van der Waals surface area contributed by atoms with E-state index in [-0.39, 0.29) is 0 Å². The summed E-state index contributed by atoms with van der Waals surface area (Å²) in [5.41, 5.74) is 0.733. The van der Waals surface area contributed by atoms with E-state index in [1.807, 2.05) is 24.3 Å². The highest BCUT2D eigenvalue weighted by atomic mass is 16.6. The number of benzene rings is 1. The molecule has 1 aromatic heterocycles. The van der Waals surface area contributed by atoms with Crippen LogP contribution in [0.2, 0.25) is 0 Å². The Morgan fingerprint density at radius 1 is 1.10 bits per heavy atom. The second-order valence-electron chi connectivity index (χ2n) is 4.87. The molecule has 3 rings (SSSR count). The van der Waals surface area contributed by atoms with E-state index in [1.165, 1.54) is 4.68 Å². The van der Waals surface area contributed by atoms with Crippen molar-refractivity contribution >= 4 is 10.9 Å². The summed E-state index contributed by atoms with van der Waals surface area (Å²) in [5.74, 6) is 0. The topological polar surface area (TPSA) is 108 Å². The van der Waals surface area contributed by atoms with Crippen molar-refractivity contribution in [1.82, 2.24) is 9.78 Å². The quantitative estimate of drug-likeness (QED) is 0.562. The first kappa shape index (κ1) is 13.5. The highest BCUT2D eigenvalue weighted by Crippen LogP contribution is 2.30. The van der Waals surface area contributed by atoms with Gasteiger partial charge in [-0.05, 0) is 6.07 Å². The SMILES string of the molecule is OCC1OC(n2ncc3ccccc32)C(O)C(O)C1O. The fourth-order valence-electron chi connectivity index (χ4n) is 2.48. The number of hydrogen-bond donors (Lipinski definition) is 4. The summed E-state index contributed by atoms with van der Waals surface area (Å²) in [6, 6.07) is 7.36. The van der Waals surface area contributed by atoms with Gasteiger partial charge in [-0.1, -0.05) is 18.2 Å². The lowest BCUT2D eigenvalue weighted by Gasteiger charge is -2.40. The van der Waals surface area contributed by atoms with Gasteiger partial charge in [0.05, 0.1) is 18.3 Å². The number of aliphatic hydroxyl groups excluding tert-OH is 4. The van der Waals surface area contributed by atoms with E-state index in [9.17, 15) is 20.4 Å². The Morgan fingerprint density at radius 3 is 2.60 bits per heavy atom. The fraction of sp³-hybridized carbons (Fsp3) is 0.462. The molecule has 7 heteroatoms. The number of fused-ring (bicyclic) bond motifs is 1. The molecule has 0 amide bonds. The number of rotatable bonds is 2. The van der Waals surface area contributed by atoms with Gasteiger partial charge in [-0.15, -0.1) is 0 Å². The lowest BCUT2D eigenvalue weighted by atomic mass is 9.98. The summed E-state index contributed by atoms with van der Waals surface area (Å²) >= 11 is 0. The molecule has 0 radical (unpaired) electrons. The smallest absolute Gasteiger partial charge is 0.179 e. The zero-order chi connectivity index (χ0) is 14.3. The maximum absolute atomic E-state index is 10.1. The van der Waals surface area contributed by atoms with E-state index >= 15 is 0 Å². The highest BCUT2D eigenvalue weighted by molar-refractivity contribution is 5.78.